The van der Waals surface area contributed by atoms with E-state index in [2.05, 4.69) is 10.8 Å². The fourth-order valence-electron chi connectivity index (χ4n) is 1.92. The molecule has 0 spiro atoms. The SMILES string of the molecule is Cc1ccc(C)c2cc(NS(C)(=O)=O)ccc12. The molecule has 2 aromatic rings. The Hall–Kier alpha value is -1.55. The molecule has 0 unspecified atom stereocenters. The molecule has 0 radical (unpaired) electrons. The average molecular weight is 249 g/mol. The van der Waals surface area contributed by atoms with Crippen molar-refractivity contribution in [3.63, 3.8) is 0 Å². The summed E-state index contributed by atoms with van der Waals surface area (Å²) in [5, 5.41) is 2.24. The predicted molar refractivity (Wildman–Crippen MR) is 71.9 cm³/mol. The van der Waals surface area contributed by atoms with Gasteiger partial charge in [0.15, 0.2) is 0 Å². The van der Waals surface area contributed by atoms with Gasteiger partial charge in [0.2, 0.25) is 10.0 Å². The monoisotopic (exact) mass is 249 g/mol. The molecular weight excluding hydrogens is 234 g/mol. The van der Waals surface area contributed by atoms with Crippen molar-refractivity contribution in [2.45, 2.75) is 13.8 Å². The third-order valence-electron chi connectivity index (χ3n) is 2.76. The van der Waals surface area contributed by atoms with E-state index in [-0.39, 0.29) is 0 Å². The van der Waals surface area contributed by atoms with Gasteiger partial charge in [0.05, 0.1) is 6.26 Å². The molecule has 0 aliphatic rings. The minimum absolute atomic E-state index is 0.605. The number of fused-ring (bicyclic) bond motifs is 1. The van der Waals surface area contributed by atoms with Gasteiger partial charge in [-0.15, -0.1) is 0 Å². The van der Waals surface area contributed by atoms with Gasteiger partial charge >= 0.3 is 0 Å². The van der Waals surface area contributed by atoms with Gasteiger partial charge in [0, 0.05) is 5.69 Å². The summed E-state index contributed by atoms with van der Waals surface area (Å²) in [5.74, 6) is 0. The Kier molecular flexibility index (Phi) is 2.83. The topological polar surface area (TPSA) is 46.2 Å². The first-order chi connectivity index (χ1) is 7.87. The highest BCUT2D eigenvalue weighted by atomic mass is 32.2. The van der Waals surface area contributed by atoms with Crippen LogP contribution >= 0.6 is 0 Å². The fraction of sp³-hybridized carbons (Fsp3) is 0.231. The van der Waals surface area contributed by atoms with Gasteiger partial charge < -0.3 is 0 Å². The van der Waals surface area contributed by atoms with Gasteiger partial charge in [0.25, 0.3) is 0 Å². The zero-order valence-corrected chi connectivity index (χ0v) is 10.9. The smallest absolute Gasteiger partial charge is 0.229 e. The van der Waals surface area contributed by atoms with Crippen LogP contribution in [0.25, 0.3) is 10.8 Å². The second-order valence-corrected chi connectivity index (χ2v) is 6.08. The van der Waals surface area contributed by atoms with Crippen LogP contribution < -0.4 is 4.72 Å². The minimum atomic E-state index is -3.22. The Morgan fingerprint density at radius 1 is 0.941 bits per heavy atom. The lowest BCUT2D eigenvalue weighted by Gasteiger charge is -2.09. The van der Waals surface area contributed by atoms with Crippen molar-refractivity contribution in [1.29, 1.82) is 0 Å². The molecule has 17 heavy (non-hydrogen) atoms. The second kappa shape index (κ2) is 4.04. The normalized spacial score (nSPS) is 11.7. The van der Waals surface area contributed by atoms with E-state index in [1.54, 1.807) is 6.07 Å². The van der Waals surface area contributed by atoms with Crippen molar-refractivity contribution in [2.24, 2.45) is 0 Å². The molecular formula is C13H15NO2S. The van der Waals surface area contributed by atoms with Crippen LogP contribution in [0.15, 0.2) is 30.3 Å². The van der Waals surface area contributed by atoms with Gasteiger partial charge in [-0.25, -0.2) is 8.42 Å². The summed E-state index contributed by atoms with van der Waals surface area (Å²) in [4.78, 5) is 0. The Labute approximate surface area is 102 Å². The quantitative estimate of drug-likeness (QED) is 0.889. The van der Waals surface area contributed by atoms with Crippen LogP contribution in [0.1, 0.15) is 11.1 Å². The Balaban J connectivity index is 2.62. The lowest BCUT2D eigenvalue weighted by atomic mass is 10.0. The highest BCUT2D eigenvalue weighted by Gasteiger charge is 2.05. The summed E-state index contributed by atoms with van der Waals surface area (Å²) in [7, 11) is -3.22. The number of sulfonamides is 1. The van der Waals surface area contributed by atoms with Gasteiger partial charge in [-0.1, -0.05) is 18.2 Å². The summed E-state index contributed by atoms with van der Waals surface area (Å²) < 4.78 is 24.8. The van der Waals surface area contributed by atoms with Crippen LogP contribution in [0.2, 0.25) is 0 Å². The van der Waals surface area contributed by atoms with Crippen molar-refractivity contribution in [2.75, 3.05) is 11.0 Å². The predicted octanol–water partition coefficient (Wildman–Crippen LogP) is 2.83. The molecule has 0 atom stereocenters. The van der Waals surface area contributed by atoms with Crippen LogP contribution in [-0.2, 0) is 10.0 Å². The van der Waals surface area contributed by atoms with E-state index in [0.717, 1.165) is 22.6 Å². The van der Waals surface area contributed by atoms with Crippen LogP contribution in [0.3, 0.4) is 0 Å². The number of hydrogen-bond acceptors (Lipinski definition) is 2. The Morgan fingerprint density at radius 3 is 2.12 bits per heavy atom. The van der Waals surface area contributed by atoms with Crippen molar-refractivity contribution in [3.8, 4) is 0 Å². The van der Waals surface area contributed by atoms with E-state index in [1.165, 1.54) is 5.56 Å². The first-order valence-corrected chi connectivity index (χ1v) is 7.24. The number of hydrogen-bond donors (Lipinski definition) is 1. The summed E-state index contributed by atoms with van der Waals surface area (Å²) in [6.07, 6.45) is 1.15. The standard InChI is InChI=1S/C13H15NO2S/c1-9-4-5-10(2)13-8-11(6-7-12(9)13)14-17(3,15)16/h4-8,14H,1-3H3. The number of rotatable bonds is 2. The van der Waals surface area contributed by atoms with Crippen LogP contribution in [-0.4, -0.2) is 14.7 Å². The molecule has 2 aromatic carbocycles. The first-order valence-electron chi connectivity index (χ1n) is 5.34. The maximum absolute atomic E-state index is 11.2. The van der Waals surface area contributed by atoms with E-state index in [4.69, 9.17) is 0 Å². The van der Waals surface area contributed by atoms with Crippen molar-refractivity contribution < 1.29 is 8.42 Å². The number of aryl methyl sites for hydroxylation is 2. The lowest BCUT2D eigenvalue weighted by Crippen LogP contribution is -2.09. The van der Waals surface area contributed by atoms with E-state index in [1.807, 2.05) is 32.0 Å². The summed E-state index contributed by atoms with van der Waals surface area (Å²) >= 11 is 0. The van der Waals surface area contributed by atoms with E-state index in [0.29, 0.717) is 5.69 Å². The highest BCUT2D eigenvalue weighted by molar-refractivity contribution is 7.92. The zero-order valence-electron chi connectivity index (χ0n) is 10.1. The largest absolute Gasteiger partial charge is 0.284 e. The third kappa shape index (κ3) is 2.58. The number of anilines is 1. The molecule has 0 aliphatic carbocycles. The zero-order chi connectivity index (χ0) is 12.6. The molecule has 4 heteroatoms. The van der Waals surface area contributed by atoms with E-state index >= 15 is 0 Å². The molecule has 1 N–H and O–H groups in total. The van der Waals surface area contributed by atoms with Crippen LogP contribution in [0, 0.1) is 13.8 Å². The van der Waals surface area contributed by atoms with Crippen molar-refractivity contribution >= 4 is 26.5 Å². The molecule has 0 aromatic heterocycles. The summed E-state index contributed by atoms with van der Waals surface area (Å²) in [5.41, 5.74) is 2.94. The van der Waals surface area contributed by atoms with Gasteiger partial charge in [-0.3, -0.25) is 4.72 Å². The molecule has 3 nitrogen and oxygen atoms in total. The van der Waals surface area contributed by atoms with Crippen molar-refractivity contribution in [1.82, 2.24) is 0 Å². The van der Waals surface area contributed by atoms with Crippen LogP contribution in [0.5, 0.6) is 0 Å². The van der Waals surface area contributed by atoms with Crippen molar-refractivity contribution in [3.05, 3.63) is 41.5 Å². The lowest BCUT2D eigenvalue weighted by molar-refractivity contribution is 0.607. The molecule has 2 rings (SSSR count). The molecule has 0 heterocycles. The highest BCUT2D eigenvalue weighted by Crippen LogP contribution is 2.25. The molecule has 0 aliphatic heterocycles. The van der Waals surface area contributed by atoms with Gasteiger partial charge in [-0.2, -0.15) is 0 Å². The minimum Gasteiger partial charge on any atom is -0.284 e. The summed E-state index contributed by atoms with van der Waals surface area (Å²) in [6, 6.07) is 9.73. The average Bonchev–Trinajstić information content (AvgIpc) is 2.21. The molecule has 0 fully saturated rings. The molecule has 0 saturated heterocycles. The van der Waals surface area contributed by atoms with E-state index in [9.17, 15) is 8.42 Å². The van der Waals surface area contributed by atoms with Gasteiger partial charge in [0.1, 0.15) is 0 Å². The molecule has 0 bridgehead atoms. The Morgan fingerprint density at radius 2 is 1.53 bits per heavy atom. The van der Waals surface area contributed by atoms with Gasteiger partial charge in [-0.05, 0) is 47.9 Å². The van der Waals surface area contributed by atoms with Crippen LogP contribution in [0.4, 0.5) is 5.69 Å². The number of nitrogens with one attached hydrogen (secondary N) is 1. The fourth-order valence-corrected chi connectivity index (χ4v) is 2.48. The maximum Gasteiger partial charge on any atom is 0.229 e. The molecule has 0 saturated carbocycles. The first kappa shape index (κ1) is 11.9. The summed E-state index contributed by atoms with van der Waals surface area (Å²) in [6.45, 7) is 4.07. The third-order valence-corrected chi connectivity index (χ3v) is 3.36. The molecule has 90 valence electrons. The van der Waals surface area contributed by atoms with E-state index < -0.39 is 10.0 Å². The number of benzene rings is 2. The Bertz CT molecular complexity index is 675. The maximum atomic E-state index is 11.2. The second-order valence-electron chi connectivity index (χ2n) is 4.33. The molecule has 0 amide bonds.